The molecule has 0 saturated heterocycles. The normalized spacial score (nSPS) is 11.6. The molecule has 0 aromatic carbocycles. The van der Waals surface area contributed by atoms with Crippen molar-refractivity contribution in [2.24, 2.45) is 5.73 Å². The Morgan fingerprint density at radius 1 is 1.33 bits per heavy atom. The molecule has 1 rings (SSSR count). The average Bonchev–Trinajstić information content (AvgIpc) is 2.90. The van der Waals surface area contributed by atoms with Gasteiger partial charge < -0.3 is 26.0 Å². The lowest BCUT2D eigenvalue weighted by molar-refractivity contribution is -0.140. The molecule has 116 valence electrons. The molecular weight excluding hydrogens is 278 g/mol. The van der Waals surface area contributed by atoms with E-state index >= 15 is 0 Å². The second-order valence-corrected chi connectivity index (χ2v) is 4.47. The number of nitrogens with zero attached hydrogens (tertiary/aromatic N) is 2. The van der Waals surface area contributed by atoms with E-state index in [4.69, 9.17) is 10.8 Å². The molecule has 1 unspecified atom stereocenters. The molecule has 0 saturated carbocycles. The number of hydrogen-bond donors (Lipinski definition) is 4. The van der Waals surface area contributed by atoms with Gasteiger partial charge >= 0.3 is 12.0 Å². The van der Waals surface area contributed by atoms with Gasteiger partial charge in [0, 0.05) is 25.5 Å². The number of aryl methyl sites for hydroxylation is 1. The van der Waals surface area contributed by atoms with Crippen molar-refractivity contribution in [3.63, 3.8) is 0 Å². The van der Waals surface area contributed by atoms with E-state index in [1.54, 1.807) is 12.5 Å². The third kappa shape index (κ3) is 6.95. The summed E-state index contributed by atoms with van der Waals surface area (Å²) < 4.78 is 1.92. The van der Waals surface area contributed by atoms with E-state index in [2.05, 4.69) is 15.6 Å². The summed E-state index contributed by atoms with van der Waals surface area (Å²) in [6.07, 6.45) is 6.39. The summed E-state index contributed by atoms with van der Waals surface area (Å²) in [5, 5.41) is 13.5. The number of imidazole rings is 1. The number of nitrogens with two attached hydrogens (primary N) is 1. The van der Waals surface area contributed by atoms with Crippen molar-refractivity contribution in [2.45, 2.75) is 31.8 Å². The van der Waals surface area contributed by atoms with Gasteiger partial charge in [0.2, 0.25) is 5.91 Å². The van der Waals surface area contributed by atoms with Crippen LogP contribution >= 0.6 is 0 Å². The number of nitrogens with one attached hydrogen (secondary N) is 2. The number of urea groups is 1. The topological polar surface area (TPSA) is 139 Å². The van der Waals surface area contributed by atoms with E-state index in [-0.39, 0.29) is 0 Å². The molecule has 0 aliphatic rings. The van der Waals surface area contributed by atoms with E-state index in [0.717, 1.165) is 19.4 Å². The Hall–Kier alpha value is -2.58. The molecule has 1 atom stereocenters. The highest BCUT2D eigenvalue weighted by atomic mass is 16.4. The molecule has 1 heterocycles. The Labute approximate surface area is 121 Å². The minimum Gasteiger partial charge on any atom is -0.480 e. The third-order valence-corrected chi connectivity index (χ3v) is 2.70. The lowest BCUT2D eigenvalue weighted by Gasteiger charge is -2.13. The van der Waals surface area contributed by atoms with E-state index in [1.165, 1.54) is 0 Å². The maximum Gasteiger partial charge on any atom is 0.326 e. The van der Waals surface area contributed by atoms with Crippen LogP contribution in [0.2, 0.25) is 0 Å². The highest BCUT2D eigenvalue weighted by Crippen LogP contribution is 1.95. The second-order valence-electron chi connectivity index (χ2n) is 4.47. The molecule has 3 amide bonds. The first-order valence-electron chi connectivity index (χ1n) is 6.50. The lowest BCUT2D eigenvalue weighted by atomic mass is 10.2. The number of amides is 3. The number of rotatable bonds is 9. The predicted octanol–water partition coefficient (Wildman–Crippen LogP) is -0.709. The first kappa shape index (κ1) is 16.5. The second kappa shape index (κ2) is 8.56. The molecule has 0 aliphatic carbocycles. The van der Waals surface area contributed by atoms with Crippen LogP contribution in [0.25, 0.3) is 0 Å². The first-order valence-corrected chi connectivity index (χ1v) is 6.50. The van der Waals surface area contributed by atoms with Crippen LogP contribution in [-0.2, 0) is 16.1 Å². The van der Waals surface area contributed by atoms with E-state index in [0.29, 0.717) is 6.54 Å². The van der Waals surface area contributed by atoms with Gasteiger partial charge in [0.1, 0.15) is 6.04 Å². The van der Waals surface area contributed by atoms with Gasteiger partial charge in [0.15, 0.2) is 0 Å². The number of carboxylic acid groups (broad SMARTS) is 1. The number of primary amides is 1. The Morgan fingerprint density at radius 3 is 2.67 bits per heavy atom. The SMILES string of the molecule is NC(=O)CC(NC(=O)NCCCCn1ccnc1)C(=O)O. The van der Waals surface area contributed by atoms with Crippen molar-refractivity contribution < 1.29 is 19.5 Å². The van der Waals surface area contributed by atoms with Crippen LogP contribution in [0.1, 0.15) is 19.3 Å². The number of unbranched alkanes of at least 4 members (excludes halogenated alkanes) is 1. The molecule has 9 nitrogen and oxygen atoms in total. The molecule has 5 N–H and O–H groups in total. The molecule has 1 aromatic heterocycles. The van der Waals surface area contributed by atoms with Crippen molar-refractivity contribution in [3.8, 4) is 0 Å². The standard InChI is InChI=1S/C12H19N5O4/c13-10(18)7-9(11(19)20)16-12(21)15-3-1-2-5-17-6-4-14-8-17/h4,6,8-9H,1-3,5,7H2,(H2,13,18)(H,19,20)(H2,15,16,21). The fourth-order valence-corrected chi connectivity index (χ4v) is 1.65. The molecule has 0 aliphatic heterocycles. The number of aromatic nitrogens is 2. The number of carboxylic acids is 1. The van der Waals surface area contributed by atoms with Gasteiger partial charge in [-0.3, -0.25) is 4.79 Å². The minimum atomic E-state index is -1.31. The number of carbonyl (C=O) groups excluding carboxylic acids is 2. The van der Waals surface area contributed by atoms with E-state index in [9.17, 15) is 14.4 Å². The van der Waals surface area contributed by atoms with E-state index in [1.807, 2.05) is 10.8 Å². The van der Waals surface area contributed by atoms with Crippen molar-refractivity contribution in [2.75, 3.05) is 6.54 Å². The van der Waals surface area contributed by atoms with Crippen LogP contribution in [0.4, 0.5) is 4.79 Å². The average molecular weight is 297 g/mol. The van der Waals surface area contributed by atoms with Crippen LogP contribution in [0, 0.1) is 0 Å². The molecule has 21 heavy (non-hydrogen) atoms. The van der Waals surface area contributed by atoms with Gasteiger partial charge in [-0.1, -0.05) is 0 Å². The molecular formula is C12H19N5O4. The summed E-state index contributed by atoms with van der Waals surface area (Å²) in [5.41, 5.74) is 4.91. The van der Waals surface area contributed by atoms with Crippen LogP contribution in [0.3, 0.4) is 0 Å². The van der Waals surface area contributed by atoms with Crippen LogP contribution in [0.15, 0.2) is 18.7 Å². The van der Waals surface area contributed by atoms with Gasteiger partial charge in [-0.2, -0.15) is 0 Å². The summed E-state index contributed by atoms with van der Waals surface area (Å²) >= 11 is 0. The summed E-state index contributed by atoms with van der Waals surface area (Å²) in [4.78, 5) is 36.9. The number of carbonyl (C=O) groups is 3. The summed E-state index contributed by atoms with van der Waals surface area (Å²) in [6, 6.07) is -1.94. The molecule has 9 heteroatoms. The van der Waals surface area contributed by atoms with Crippen molar-refractivity contribution in [3.05, 3.63) is 18.7 Å². The van der Waals surface area contributed by atoms with Crippen LogP contribution < -0.4 is 16.4 Å². The summed E-state index contributed by atoms with van der Waals surface area (Å²) in [6.45, 7) is 1.20. The molecule has 0 fully saturated rings. The fraction of sp³-hybridized carbons (Fsp3) is 0.500. The maximum absolute atomic E-state index is 11.5. The number of aliphatic carboxylic acids is 1. The molecule has 0 radical (unpaired) electrons. The molecule has 0 bridgehead atoms. The monoisotopic (exact) mass is 297 g/mol. The predicted molar refractivity (Wildman–Crippen MR) is 73.2 cm³/mol. The lowest BCUT2D eigenvalue weighted by Crippen LogP contribution is -2.47. The Balaban J connectivity index is 2.17. The quantitative estimate of drug-likeness (QED) is 0.446. The van der Waals surface area contributed by atoms with Gasteiger partial charge in [-0.25, -0.2) is 14.6 Å². The summed E-state index contributed by atoms with van der Waals surface area (Å²) in [5.74, 6) is -2.09. The first-order chi connectivity index (χ1) is 9.99. The Bertz CT molecular complexity index is 474. The third-order valence-electron chi connectivity index (χ3n) is 2.70. The van der Waals surface area contributed by atoms with Crippen molar-refractivity contribution in [1.82, 2.24) is 20.2 Å². The zero-order valence-corrected chi connectivity index (χ0v) is 11.5. The molecule has 0 spiro atoms. The van der Waals surface area contributed by atoms with E-state index < -0.39 is 30.4 Å². The number of hydrogen-bond acceptors (Lipinski definition) is 4. The van der Waals surface area contributed by atoms with Crippen molar-refractivity contribution >= 4 is 17.9 Å². The zero-order chi connectivity index (χ0) is 15.7. The Morgan fingerprint density at radius 2 is 2.10 bits per heavy atom. The van der Waals surface area contributed by atoms with Crippen LogP contribution in [-0.4, -0.2) is 45.2 Å². The molecule has 1 aromatic rings. The Kier molecular flexibility index (Phi) is 6.72. The zero-order valence-electron chi connectivity index (χ0n) is 11.5. The van der Waals surface area contributed by atoms with Gasteiger partial charge in [-0.05, 0) is 12.8 Å². The van der Waals surface area contributed by atoms with Crippen molar-refractivity contribution in [1.29, 1.82) is 0 Å². The fourth-order valence-electron chi connectivity index (χ4n) is 1.65. The van der Waals surface area contributed by atoms with Gasteiger partial charge in [0.25, 0.3) is 0 Å². The van der Waals surface area contributed by atoms with Crippen LogP contribution in [0.5, 0.6) is 0 Å². The summed E-state index contributed by atoms with van der Waals surface area (Å²) in [7, 11) is 0. The highest BCUT2D eigenvalue weighted by molar-refractivity contribution is 5.87. The highest BCUT2D eigenvalue weighted by Gasteiger charge is 2.21. The largest absolute Gasteiger partial charge is 0.480 e. The smallest absolute Gasteiger partial charge is 0.326 e. The van der Waals surface area contributed by atoms with Gasteiger partial charge in [0.05, 0.1) is 12.7 Å². The maximum atomic E-state index is 11.5. The minimum absolute atomic E-state index is 0.406. The van der Waals surface area contributed by atoms with Gasteiger partial charge in [-0.15, -0.1) is 0 Å².